The number of rotatable bonds is 7. The van der Waals surface area contributed by atoms with E-state index in [1.165, 1.54) is 6.07 Å². The zero-order valence-corrected chi connectivity index (χ0v) is 14.8. The van der Waals surface area contributed by atoms with Gasteiger partial charge in [0.1, 0.15) is 5.82 Å². The van der Waals surface area contributed by atoms with Crippen LogP contribution in [0.2, 0.25) is 0 Å². The molecule has 0 aliphatic rings. The molecule has 0 bridgehead atoms. The predicted molar refractivity (Wildman–Crippen MR) is 97.3 cm³/mol. The van der Waals surface area contributed by atoms with Gasteiger partial charge in [0.05, 0.1) is 23.5 Å². The van der Waals surface area contributed by atoms with Gasteiger partial charge in [-0.25, -0.2) is 9.87 Å². The van der Waals surface area contributed by atoms with Crippen LogP contribution in [0.4, 0.5) is 15.8 Å². The number of carbonyl (C=O) groups excluding carboxylic acids is 1. The first-order chi connectivity index (χ1) is 12.1. The lowest BCUT2D eigenvalue weighted by Crippen LogP contribution is -2.25. The summed E-state index contributed by atoms with van der Waals surface area (Å²) in [6.45, 7) is 6.00. The molecular weight excluding hydrogens is 323 g/mol. The van der Waals surface area contributed by atoms with Gasteiger partial charge in [-0.15, -0.1) is 0 Å². The molecule has 0 aliphatic heterocycles. The third-order valence-corrected chi connectivity index (χ3v) is 3.13. The van der Waals surface area contributed by atoms with Crippen LogP contribution in [0.25, 0.3) is 0 Å². The molecule has 0 atom stereocenters. The quantitative estimate of drug-likeness (QED) is 0.523. The zero-order chi connectivity index (χ0) is 18.7. The predicted octanol–water partition coefficient (Wildman–Crippen LogP) is 3.95. The summed E-state index contributed by atoms with van der Waals surface area (Å²) >= 11 is 0. The van der Waals surface area contributed by atoms with E-state index in [2.05, 4.69) is 10.8 Å². The first-order valence-electron chi connectivity index (χ1n) is 8.27. The second-order valence-electron chi connectivity index (χ2n) is 5.01. The molecule has 0 spiro atoms. The lowest BCUT2D eigenvalue weighted by molar-refractivity contribution is 0.0262. The lowest BCUT2D eigenvalue weighted by Gasteiger charge is -2.13. The van der Waals surface area contributed by atoms with Gasteiger partial charge in [-0.2, -0.15) is 0 Å². The molecule has 0 saturated carbocycles. The highest BCUT2D eigenvalue weighted by molar-refractivity contribution is 5.99. The van der Waals surface area contributed by atoms with Crippen LogP contribution in [0.3, 0.4) is 0 Å². The van der Waals surface area contributed by atoms with Crippen LogP contribution >= 0.6 is 0 Å². The van der Waals surface area contributed by atoms with E-state index in [1.807, 2.05) is 13.8 Å². The van der Waals surface area contributed by atoms with Gasteiger partial charge in [-0.1, -0.05) is 32.0 Å². The molecule has 2 aromatic carbocycles. The molecular formula is C19H25FN2O3. The molecule has 0 aliphatic carbocycles. The molecule has 3 N–H and O–H groups in total. The molecule has 6 heteroatoms. The summed E-state index contributed by atoms with van der Waals surface area (Å²) in [4.78, 5) is 17.1. The van der Waals surface area contributed by atoms with Gasteiger partial charge in [-0.3, -0.25) is 9.63 Å². The van der Waals surface area contributed by atoms with Crippen molar-refractivity contribution in [1.29, 1.82) is 0 Å². The SMILES string of the molecule is CC.Cc1ccc(Nc2ccccc2C(=O)NOCCCO)c(F)c1. The lowest BCUT2D eigenvalue weighted by atomic mass is 10.1. The van der Waals surface area contributed by atoms with Gasteiger partial charge in [-0.05, 0) is 43.2 Å². The molecule has 0 aromatic heterocycles. The van der Waals surface area contributed by atoms with Crippen LogP contribution < -0.4 is 10.8 Å². The van der Waals surface area contributed by atoms with E-state index in [0.29, 0.717) is 17.7 Å². The van der Waals surface area contributed by atoms with Crippen LogP contribution in [0.5, 0.6) is 0 Å². The largest absolute Gasteiger partial charge is 0.396 e. The Kier molecular flexibility index (Phi) is 9.21. The molecule has 2 aromatic rings. The summed E-state index contributed by atoms with van der Waals surface area (Å²) in [5.74, 6) is -0.835. The zero-order valence-electron chi connectivity index (χ0n) is 14.8. The van der Waals surface area contributed by atoms with Gasteiger partial charge >= 0.3 is 0 Å². The first-order valence-corrected chi connectivity index (χ1v) is 8.27. The number of benzene rings is 2. The molecule has 1 amide bonds. The maximum absolute atomic E-state index is 13.9. The van der Waals surface area contributed by atoms with E-state index < -0.39 is 5.91 Å². The van der Waals surface area contributed by atoms with Gasteiger partial charge < -0.3 is 10.4 Å². The van der Waals surface area contributed by atoms with E-state index in [4.69, 9.17) is 9.94 Å². The fourth-order valence-corrected chi connectivity index (χ4v) is 1.96. The number of carbonyl (C=O) groups is 1. The number of aliphatic hydroxyl groups excluding tert-OH is 1. The molecule has 0 saturated heterocycles. The van der Waals surface area contributed by atoms with Crippen molar-refractivity contribution in [3.05, 3.63) is 59.4 Å². The normalized spacial score (nSPS) is 9.80. The fourth-order valence-electron chi connectivity index (χ4n) is 1.96. The van der Waals surface area contributed by atoms with Crippen molar-refractivity contribution in [2.75, 3.05) is 18.5 Å². The van der Waals surface area contributed by atoms with E-state index in [-0.39, 0.29) is 24.7 Å². The van der Waals surface area contributed by atoms with E-state index in [9.17, 15) is 9.18 Å². The summed E-state index contributed by atoms with van der Waals surface area (Å²) in [6, 6.07) is 11.6. The second kappa shape index (κ2) is 11.2. The highest BCUT2D eigenvalue weighted by Gasteiger charge is 2.12. The van der Waals surface area contributed by atoms with Crippen LogP contribution in [0.15, 0.2) is 42.5 Å². The van der Waals surface area contributed by atoms with E-state index in [1.54, 1.807) is 43.3 Å². The van der Waals surface area contributed by atoms with Crippen molar-refractivity contribution in [2.45, 2.75) is 27.2 Å². The average molecular weight is 348 g/mol. The van der Waals surface area contributed by atoms with Crippen LogP contribution in [-0.2, 0) is 4.84 Å². The summed E-state index contributed by atoms with van der Waals surface area (Å²) < 4.78 is 13.9. The Hall–Kier alpha value is -2.44. The van der Waals surface area contributed by atoms with Crippen molar-refractivity contribution >= 4 is 17.3 Å². The van der Waals surface area contributed by atoms with E-state index in [0.717, 1.165) is 5.56 Å². The second-order valence-corrected chi connectivity index (χ2v) is 5.01. The van der Waals surface area contributed by atoms with Crippen molar-refractivity contribution in [2.24, 2.45) is 0 Å². The van der Waals surface area contributed by atoms with E-state index >= 15 is 0 Å². The summed E-state index contributed by atoms with van der Waals surface area (Å²) in [7, 11) is 0. The Labute approximate surface area is 147 Å². The van der Waals surface area contributed by atoms with Gasteiger partial charge in [0.25, 0.3) is 5.91 Å². The maximum Gasteiger partial charge on any atom is 0.276 e. The fraction of sp³-hybridized carbons (Fsp3) is 0.316. The number of amides is 1. The summed E-state index contributed by atoms with van der Waals surface area (Å²) in [5.41, 5.74) is 4.21. The molecule has 0 unspecified atom stereocenters. The Morgan fingerprint density at radius 1 is 1.16 bits per heavy atom. The number of halogens is 1. The van der Waals surface area contributed by atoms with Gasteiger partial charge in [0.2, 0.25) is 0 Å². The molecule has 0 heterocycles. The molecule has 5 nitrogen and oxygen atoms in total. The van der Waals surface area contributed by atoms with Crippen LogP contribution in [0.1, 0.15) is 36.2 Å². The number of anilines is 2. The highest BCUT2D eigenvalue weighted by atomic mass is 19.1. The molecule has 0 fully saturated rings. The minimum absolute atomic E-state index is 0.0132. The summed E-state index contributed by atoms with van der Waals surface area (Å²) in [6.07, 6.45) is 0.425. The van der Waals surface area contributed by atoms with Crippen molar-refractivity contribution in [3.8, 4) is 0 Å². The van der Waals surface area contributed by atoms with Crippen molar-refractivity contribution < 1.29 is 19.1 Å². The Bertz CT molecular complexity index is 677. The molecule has 25 heavy (non-hydrogen) atoms. The standard InChI is InChI=1S/C17H19FN2O3.C2H6/c1-12-7-8-16(14(18)11-12)19-15-6-3-2-5-13(15)17(22)20-23-10-4-9-21;1-2/h2-3,5-8,11,19,21H,4,9-10H2,1H3,(H,20,22);1-2H3. The minimum atomic E-state index is -0.446. The minimum Gasteiger partial charge on any atom is -0.396 e. The molecule has 0 radical (unpaired) electrons. The number of para-hydroxylation sites is 1. The van der Waals surface area contributed by atoms with Crippen LogP contribution in [-0.4, -0.2) is 24.2 Å². The molecule has 136 valence electrons. The number of nitrogens with one attached hydrogen (secondary N) is 2. The van der Waals surface area contributed by atoms with Gasteiger partial charge in [0.15, 0.2) is 0 Å². The van der Waals surface area contributed by atoms with Crippen molar-refractivity contribution in [3.63, 3.8) is 0 Å². The number of aliphatic hydroxyl groups is 1. The van der Waals surface area contributed by atoms with Crippen molar-refractivity contribution in [1.82, 2.24) is 5.48 Å². The first kappa shape index (κ1) is 20.6. The number of hydroxylamine groups is 1. The third kappa shape index (κ3) is 6.52. The topological polar surface area (TPSA) is 70.6 Å². The Morgan fingerprint density at radius 2 is 1.88 bits per heavy atom. The monoisotopic (exact) mass is 348 g/mol. The third-order valence-electron chi connectivity index (χ3n) is 3.13. The smallest absolute Gasteiger partial charge is 0.276 e. The number of aryl methyl sites for hydroxylation is 1. The summed E-state index contributed by atoms with van der Waals surface area (Å²) in [5, 5.41) is 11.6. The Morgan fingerprint density at radius 3 is 2.56 bits per heavy atom. The van der Waals surface area contributed by atoms with Crippen LogP contribution in [0, 0.1) is 12.7 Å². The highest BCUT2D eigenvalue weighted by Crippen LogP contribution is 2.23. The molecule has 2 rings (SSSR count). The number of hydrogen-bond donors (Lipinski definition) is 3. The maximum atomic E-state index is 13.9. The number of hydrogen-bond acceptors (Lipinski definition) is 4. The average Bonchev–Trinajstić information content (AvgIpc) is 2.63. The Balaban J connectivity index is 0.00000151. The van der Waals surface area contributed by atoms with Gasteiger partial charge in [0, 0.05) is 6.61 Å².